The Bertz CT molecular complexity index is 1160. The fraction of sp³-hybridized carbons (Fsp3) is 0.500. The first-order valence-corrected chi connectivity index (χ1v) is 12.2. The number of nitrogens with zero attached hydrogens (tertiary/aromatic N) is 4. The number of aromatic nitrogens is 4. The molecule has 33 heavy (non-hydrogen) atoms. The molecular formula is C26H34N6O. The maximum absolute atomic E-state index is 6.30. The third-order valence-electron chi connectivity index (χ3n) is 6.64. The first kappa shape index (κ1) is 21.9. The molecule has 7 heteroatoms. The highest BCUT2D eigenvalue weighted by atomic mass is 16.5. The van der Waals surface area contributed by atoms with Gasteiger partial charge in [0.15, 0.2) is 0 Å². The zero-order valence-corrected chi connectivity index (χ0v) is 20.0. The zero-order valence-electron chi connectivity index (χ0n) is 20.0. The summed E-state index contributed by atoms with van der Waals surface area (Å²) in [6.45, 7) is 9.26. The Morgan fingerprint density at radius 3 is 2.73 bits per heavy atom. The van der Waals surface area contributed by atoms with Gasteiger partial charge < -0.3 is 15.4 Å². The minimum atomic E-state index is 0.0135. The van der Waals surface area contributed by atoms with E-state index in [-0.39, 0.29) is 12.1 Å². The summed E-state index contributed by atoms with van der Waals surface area (Å²) >= 11 is 0. The van der Waals surface area contributed by atoms with E-state index in [1.807, 2.05) is 36.8 Å². The largest absolute Gasteiger partial charge is 0.474 e. The average Bonchev–Trinajstić information content (AvgIpc) is 3.18. The van der Waals surface area contributed by atoms with Crippen molar-refractivity contribution >= 4 is 17.0 Å². The molecule has 3 aromatic rings. The molecule has 1 saturated carbocycles. The first-order chi connectivity index (χ1) is 16.0. The van der Waals surface area contributed by atoms with Crippen molar-refractivity contribution in [2.45, 2.75) is 78.1 Å². The van der Waals surface area contributed by atoms with Crippen LogP contribution in [0.1, 0.15) is 70.2 Å². The van der Waals surface area contributed by atoms with Gasteiger partial charge in [0, 0.05) is 31.0 Å². The Labute approximate surface area is 195 Å². The fourth-order valence-corrected chi connectivity index (χ4v) is 4.82. The maximum Gasteiger partial charge on any atom is 0.226 e. The van der Waals surface area contributed by atoms with E-state index >= 15 is 0 Å². The molecule has 1 fully saturated rings. The summed E-state index contributed by atoms with van der Waals surface area (Å²) in [4.78, 5) is 9.90. The molecule has 2 N–H and O–H groups in total. The van der Waals surface area contributed by atoms with Crippen LogP contribution in [0.2, 0.25) is 0 Å². The van der Waals surface area contributed by atoms with E-state index in [9.17, 15) is 0 Å². The summed E-state index contributed by atoms with van der Waals surface area (Å²) in [5.41, 5.74) is 5.21. The molecule has 0 amide bonds. The van der Waals surface area contributed by atoms with Crippen LogP contribution in [0.15, 0.2) is 36.7 Å². The van der Waals surface area contributed by atoms with Gasteiger partial charge >= 0.3 is 0 Å². The van der Waals surface area contributed by atoms with Crippen LogP contribution in [0, 0.1) is 5.92 Å². The lowest BCUT2D eigenvalue weighted by Gasteiger charge is -2.27. The average molecular weight is 447 g/mol. The van der Waals surface area contributed by atoms with Gasteiger partial charge in [0.1, 0.15) is 0 Å². The number of rotatable bonds is 5. The topological polar surface area (TPSA) is 76.4 Å². The van der Waals surface area contributed by atoms with E-state index in [1.54, 1.807) is 0 Å². The van der Waals surface area contributed by atoms with Gasteiger partial charge in [0.25, 0.3) is 0 Å². The van der Waals surface area contributed by atoms with Crippen LogP contribution in [-0.4, -0.2) is 37.8 Å². The summed E-state index contributed by atoms with van der Waals surface area (Å²) in [7, 11) is 0. The van der Waals surface area contributed by atoms with Crippen molar-refractivity contribution in [1.82, 2.24) is 24.9 Å². The van der Waals surface area contributed by atoms with Crippen molar-refractivity contribution < 1.29 is 4.74 Å². The third-order valence-corrected chi connectivity index (χ3v) is 6.64. The Balaban J connectivity index is 1.57. The second kappa shape index (κ2) is 9.14. The lowest BCUT2D eigenvalue weighted by molar-refractivity contribution is 0.231. The van der Waals surface area contributed by atoms with Crippen molar-refractivity contribution in [3.63, 3.8) is 0 Å². The molecule has 1 aliphatic heterocycles. The number of pyridine rings is 1. The van der Waals surface area contributed by atoms with Gasteiger partial charge in [0.2, 0.25) is 11.8 Å². The molecule has 1 aliphatic carbocycles. The molecule has 0 saturated heterocycles. The Morgan fingerprint density at radius 2 is 1.94 bits per heavy atom. The van der Waals surface area contributed by atoms with Crippen LogP contribution in [0.25, 0.3) is 11.1 Å². The summed E-state index contributed by atoms with van der Waals surface area (Å²) < 4.78 is 8.18. The van der Waals surface area contributed by atoms with Crippen molar-refractivity contribution in [2.75, 3.05) is 5.32 Å². The number of fused-ring (bicyclic) bond motifs is 2. The number of anilines is 1. The molecule has 0 bridgehead atoms. The molecule has 2 aliphatic rings. The van der Waals surface area contributed by atoms with Gasteiger partial charge in [-0.3, -0.25) is 0 Å². The predicted octanol–water partition coefficient (Wildman–Crippen LogP) is 4.83. The van der Waals surface area contributed by atoms with E-state index in [4.69, 9.17) is 14.7 Å². The molecule has 0 unspecified atom stereocenters. The van der Waals surface area contributed by atoms with Crippen LogP contribution < -0.4 is 15.4 Å². The molecule has 174 valence electrons. The van der Waals surface area contributed by atoms with Crippen LogP contribution in [0.3, 0.4) is 0 Å². The van der Waals surface area contributed by atoms with E-state index in [1.165, 1.54) is 12.8 Å². The Hall–Kier alpha value is -2.93. The van der Waals surface area contributed by atoms with E-state index in [2.05, 4.69) is 47.8 Å². The summed E-state index contributed by atoms with van der Waals surface area (Å²) in [5.74, 6) is 2.13. The van der Waals surface area contributed by atoms with Gasteiger partial charge in [-0.2, -0.15) is 10.1 Å². The molecular weight excluding hydrogens is 412 g/mol. The lowest BCUT2D eigenvalue weighted by atomic mass is 9.87. The SMILES string of the molecule is CC(C)Oc1nc(N[C@H]2CC[C@H](C)CC2)nc2c1C(c1ccn3nccc3c1)=C[C@@H](C)NC2. The summed E-state index contributed by atoms with van der Waals surface area (Å²) in [5, 5.41) is 11.5. The van der Waals surface area contributed by atoms with Crippen LogP contribution in [-0.2, 0) is 6.54 Å². The number of hydrogen-bond acceptors (Lipinski definition) is 6. The lowest BCUT2D eigenvalue weighted by Crippen LogP contribution is -2.27. The summed E-state index contributed by atoms with van der Waals surface area (Å²) in [6, 6.07) is 6.89. The monoisotopic (exact) mass is 446 g/mol. The normalized spacial score (nSPS) is 23.2. The van der Waals surface area contributed by atoms with E-state index in [0.29, 0.717) is 24.4 Å². The van der Waals surface area contributed by atoms with Crippen molar-refractivity contribution in [2.24, 2.45) is 5.92 Å². The van der Waals surface area contributed by atoms with Crippen molar-refractivity contribution in [3.8, 4) is 5.88 Å². The van der Waals surface area contributed by atoms with Gasteiger partial charge in [0.05, 0.1) is 22.9 Å². The molecule has 3 aromatic heterocycles. The quantitative estimate of drug-likeness (QED) is 0.585. The van der Waals surface area contributed by atoms with E-state index < -0.39 is 0 Å². The molecule has 5 rings (SSSR count). The van der Waals surface area contributed by atoms with Gasteiger partial charge in [-0.05, 0) is 81.7 Å². The highest BCUT2D eigenvalue weighted by Crippen LogP contribution is 2.36. The van der Waals surface area contributed by atoms with Crippen LogP contribution >= 0.6 is 0 Å². The standard InChI is InChI=1S/C26H34N6O/c1-16(2)33-25-24-22(19-10-12-32-21(14-19)9-11-28-32)13-18(4)27-15-23(24)30-26(31-25)29-20-7-5-17(3)6-8-20/h9-14,16-18,20,27H,5-8,15H2,1-4H3,(H,29,30,31)/t17-,18-,20-/m1/s1. The van der Waals surface area contributed by atoms with E-state index in [0.717, 1.165) is 46.7 Å². The molecule has 4 heterocycles. The highest BCUT2D eigenvalue weighted by Gasteiger charge is 2.26. The van der Waals surface area contributed by atoms with Gasteiger partial charge in [-0.1, -0.05) is 13.0 Å². The second-order valence-electron chi connectivity index (χ2n) is 9.81. The minimum Gasteiger partial charge on any atom is -0.474 e. The predicted molar refractivity (Wildman–Crippen MR) is 131 cm³/mol. The molecule has 0 aromatic carbocycles. The van der Waals surface area contributed by atoms with Crippen LogP contribution in [0.4, 0.5) is 5.95 Å². The molecule has 0 radical (unpaired) electrons. The maximum atomic E-state index is 6.30. The number of nitrogens with one attached hydrogen (secondary N) is 2. The second-order valence-corrected chi connectivity index (χ2v) is 9.81. The Kier molecular flexibility index (Phi) is 6.06. The number of ether oxygens (including phenoxy) is 1. The fourth-order valence-electron chi connectivity index (χ4n) is 4.82. The van der Waals surface area contributed by atoms with Crippen molar-refractivity contribution in [3.05, 3.63) is 53.5 Å². The first-order valence-electron chi connectivity index (χ1n) is 12.2. The highest BCUT2D eigenvalue weighted by molar-refractivity contribution is 5.85. The smallest absolute Gasteiger partial charge is 0.226 e. The molecule has 1 atom stereocenters. The Morgan fingerprint density at radius 1 is 1.12 bits per heavy atom. The molecule has 0 spiro atoms. The van der Waals surface area contributed by atoms with Gasteiger partial charge in [-0.15, -0.1) is 0 Å². The summed E-state index contributed by atoms with van der Waals surface area (Å²) in [6.07, 6.45) is 10.9. The van der Waals surface area contributed by atoms with Gasteiger partial charge in [-0.25, -0.2) is 9.50 Å². The zero-order chi connectivity index (χ0) is 22.9. The molecule has 7 nitrogen and oxygen atoms in total. The van der Waals surface area contributed by atoms with Crippen LogP contribution in [0.5, 0.6) is 5.88 Å². The number of hydrogen-bond donors (Lipinski definition) is 2. The minimum absolute atomic E-state index is 0.0135. The van der Waals surface area contributed by atoms with Crippen molar-refractivity contribution in [1.29, 1.82) is 0 Å². The third kappa shape index (κ3) is 4.74.